The van der Waals surface area contributed by atoms with Crippen LogP contribution in [0.3, 0.4) is 0 Å². The van der Waals surface area contributed by atoms with E-state index < -0.39 is 0 Å². The Hall–Kier alpha value is -0.370. The molecule has 11 heavy (non-hydrogen) atoms. The van der Waals surface area contributed by atoms with Crippen LogP contribution in [0.2, 0.25) is 0 Å². The van der Waals surface area contributed by atoms with Gasteiger partial charge in [0.1, 0.15) is 5.78 Å². The van der Waals surface area contributed by atoms with E-state index in [0.717, 1.165) is 32.1 Å². The molecule has 62 valence electrons. The predicted molar refractivity (Wildman–Crippen MR) is 41.1 cm³/mol. The van der Waals surface area contributed by atoms with E-state index in [1.807, 2.05) is 0 Å². The summed E-state index contributed by atoms with van der Waals surface area (Å²) >= 11 is 0. The Labute approximate surface area is 66.6 Å². The lowest BCUT2D eigenvalue weighted by atomic mass is 9.70. The molecular formula is C9H14O2. The zero-order valence-electron chi connectivity index (χ0n) is 6.62. The monoisotopic (exact) mass is 154 g/mol. The maximum absolute atomic E-state index is 11.5. The molecule has 2 fully saturated rings. The fraction of sp³-hybridized carbons (Fsp3) is 0.889. The van der Waals surface area contributed by atoms with Crippen molar-refractivity contribution in [3.8, 4) is 0 Å². The van der Waals surface area contributed by atoms with Gasteiger partial charge in [-0.15, -0.1) is 0 Å². The van der Waals surface area contributed by atoms with Gasteiger partial charge in [0.15, 0.2) is 0 Å². The van der Waals surface area contributed by atoms with Crippen LogP contribution in [-0.4, -0.2) is 17.0 Å². The van der Waals surface area contributed by atoms with Crippen molar-refractivity contribution < 1.29 is 9.90 Å². The molecule has 0 radical (unpaired) electrons. The fourth-order valence-corrected chi connectivity index (χ4v) is 2.41. The van der Waals surface area contributed by atoms with E-state index in [9.17, 15) is 9.90 Å². The molecule has 0 aromatic heterocycles. The van der Waals surface area contributed by atoms with E-state index in [1.54, 1.807) is 0 Å². The van der Waals surface area contributed by atoms with Crippen LogP contribution in [0.15, 0.2) is 0 Å². The molecule has 2 bridgehead atoms. The Morgan fingerprint density at radius 2 is 2.00 bits per heavy atom. The highest BCUT2D eigenvalue weighted by Crippen LogP contribution is 2.36. The Balaban J connectivity index is 2.16. The first-order valence-electron chi connectivity index (χ1n) is 4.51. The Morgan fingerprint density at radius 3 is 2.73 bits per heavy atom. The van der Waals surface area contributed by atoms with Gasteiger partial charge in [-0.05, 0) is 25.7 Å². The SMILES string of the molecule is O=C1[C@@H]2CCC[C@H]1[C@@H](O)CC2. The number of aliphatic hydroxyl groups excluding tert-OH is 1. The Kier molecular flexibility index (Phi) is 1.72. The highest BCUT2D eigenvalue weighted by molar-refractivity contribution is 5.85. The van der Waals surface area contributed by atoms with Crippen LogP contribution in [0.5, 0.6) is 0 Å². The first-order valence-corrected chi connectivity index (χ1v) is 4.51. The highest BCUT2D eigenvalue weighted by atomic mass is 16.3. The van der Waals surface area contributed by atoms with Crippen LogP contribution in [-0.2, 0) is 4.79 Å². The number of Topliss-reactive ketones (excluding diaryl/α,β-unsaturated/α-hetero) is 1. The van der Waals surface area contributed by atoms with E-state index in [0.29, 0.717) is 11.7 Å². The summed E-state index contributed by atoms with van der Waals surface area (Å²) < 4.78 is 0. The normalized spacial score (nSPS) is 44.1. The van der Waals surface area contributed by atoms with E-state index in [1.165, 1.54) is 0 Å². The Morgan fingerprint density at radius 1 is 1.18 bits per heavy atom. The van der Waals surface area contributed by atoms with Gasteiger partial charge in [-0.25, -0.2) is 0 Å². The molecule has 0 aromatic rings. The molecule has 0 amide bonds. The summed E-state index contributed by atoms with van der Waals surface area (Å²) in [6.45, 7) is 0. The van der Waals surface area contributed by atoms with Gasteiger partial charge in [0, 0.05) is 11.8 Å². The second-order valence-corrected chi connectivity index (χ2v) is 3.78. The third kappa shape index (κ3) is 1.09. The molecular weight excluding hydrogens is 140 g/mol. The number of carbonyl (C=O) groups is 1. The molecule has 2 saturated carbocycles. The van der Waals surface area contributed by atoms with Crippen LogP contribution in [0.25, 0.3) is 0 Å². The van der Waals surface area contributed by atoms with Gasteiger partial charge in [-0.1, -0.05) is 6.42 Å². The summed E-state index contributed by atoms with van der Waals surface area (Å²) in [4.78, 5) is 11.5. The van der Waals surface area contributed by atoms with E-state index in [4.69, 9.17) is 0 Å². The zero-order valence-corrected chi connectivity index (χ0v) is 6.62. The van der Waals surface area contributed by atoms with Crippen LogP contribution < -0.4 is 0 Å². The number of carbonyl (C=O) groups excluding carboxylic acids is 1. The van der Waals surface area contributed by atoms with Gasteiger partial charge in [-0.3, -0.25) is 4.79 Å². The number of hydrogen-bond acceptors (Lipinski definition) is 2. The molecule has 0 unspecified atom stereocenters. The maximum atomic E-state index is 11.5. The van der Waals surface area contributed by atoms with Crippen molar-refractivity contribution in [1.82, 2.24) is 0 Å². The molecule has 3 atom stereocenters. The molecule has 2 aliphatic rings. The maximum Gasteiger partial charge on any atom is 0.141 e. The number of hydrogen-bond donors (Lipinski definition) is 1. The van der Waals surface area contributed by atoms with Gasteiger partial charge in [0.25, 0.3) is 0 Å². The lowest BCUT2D eigenvalue weighted by molar-refractivity contribution is -0.137. The summed E-state index contributed by atoms with van der Waals surface area (Å²) in [6, 6.07) is 0. The quantitative estimate of drug-likeness (QED) is 0.568. The van der Waals surface area contributed by atoms with Crippen LogP contribution in [0.4, 0.5) is 0 Å². The lowest BCUT2D eigenvalue weighted by Crippen LogP contribution is -2.41. The van der Waals surface area contributed by atoms with Crippen LogP contribution in [0.1, 0.15) is 32.1 Å². The van der Waals surface area contributed by atoms with Crippen LogP contribution in [0, 0.1) is 11.8 Å². The molecule has 0 spiro atoms. The van der Waals surface area contributed by atoms with Crippen molar-refractivity contribution in [3.05, 3.63) is 0 Å². The third-order valence-corrected chi connectivity index (χ3v) is 3.11. The van der Waals surface area contributed by atoms with Gasteiger partial charge in [0.2, 0.25) is 0 Å². The van der Waals surface area contributed by atoms with Crippen molar-refractivity contribution >= 4 is 5.78 Å². The van der Waals surface area contributed by atoms with Crippen molar-refractivity contribution in [1.29, 1.82) is 0 Å². The average molecular weight is 154 g/mol. The number of fused-ring (bicyclic) bond motifs is 2. The minimum Gasteiger partial charge on any atom is -0.392 e. The lowest BCUT2D eigenvalue weighted by Gasteiger charge is -2.36. The van der Waals surface area contributed by atoms with Crippen LogP contribution >= 0.6 is 0 Å². The minimum atomic E-state index is -0.320. The van der Waals surface area contributed by atoms with Gasteiger partial charge >= 0.3 is 0 Å². The van der Waals surface area contributed by atoms with Crippen molar-refractivity contribution in [3.63, 3.8) is 0 Å². The first-order chi connectivity index (χ1) is 5.29. The molecule has 0 aliphatic heterocycles. The largest absolute Gasteiger partial charge is 0.392 e. The molecule has 2 aliphatic carbocycles. The van der Waals surface area contributed by atoms with Gasteiger partial charge < -0.3 is 5.11 Å². The third-order valence-electron chi connectivity index (χ3n) is 3.11. The molecule has 0 aromatic carbocycles. The second kappa shape index (κ2) is 2.59. The second-order valence-electron chi connectivity index (χ2n) is 3.78. The summed E-state index contributed by atoms with van der Waals surface area (Å²) in [7, 11) is 0. The predicted octanol–water partition coefficient (Wildman–Crippen LogP) is 1.13. The molecule has 2 nitrogen and oxygen atoms in total. The number of ketones is 1. The fourth-order valence-electron chi connectivity index (χ4n) is 2.41. The topological polar surface area (TPSA) is 37.3 Å². The number of aliphatic hydroxyl groups is 1. The molecule has 0 saturated heterocycles. The first kappa shape index (κ1) is 7.29. The minimum absolute atomic E-state index is 0.00231. The average Bonchev–Trinajstić information content (AvgIpc) is 1.98. The summed E-state index contributed by atoms with van der Waals surface area (Å²) in [5, 5.41) is 9.47. The van der Waals surface area contributed by atoms with E-state index >= 15 is 0 Å². The summed E-state index contributed by atoms with van der Waals surface area (Å²) in [5.41, 5.74) is 0. The summed E-state index contributed by atoms with van der Waals surface area (Å²) in [5.74, 6) is 0.648. The van der Waals surface area contributed by atoms with E-state index in [2.05, 4.69) is 0 Å². The summed E-state index contributed by atoms with van der Waals surface area (Å²) in [6.07, 6.45) is 4.59. The van der Waals surface area contributed by atoms with Crippen molar-refractivity contribution in [2.75, 3.05) is 0 Å². The zero-order chi connectivity index (χ0) is 7.84. The van der Waals surface area contributed by atoms with E-state index in [-0.39, 0.29) is 12.0 Å². The number of rotatable bonds is 0. The van der Waals surface area contributed by atoms with Gasteiger partial charge in [0.05, 0.1) is 6.10 Å². The molecule has 2 heteroatoms. The molecule has 1 N–H and O–H groups in total. The van der Waals surface area contributed by atoms with Crippen molar-refractivity contribution in [2.45, 2.75) is 38.2 Å². The van der Waals surface area contributed by atoms with Crippen molar-refractivity contribution in [2.24, 2.45) is 11.8 Å². The van der Waals surface area contributed by atoms with Gasteiger partial charge in [-0.2, -0.15) is 0 Å². The molecule has 2 rings (SSSR count). The standard InChI is InChI=1S/C9H14O2/c10-8-5-4-6-2-1-3-7(8)9(6)11/h6-8,10H,1-5H2/t6-,7+,8+/m1/s1. The molecule has 0 heterocycles. The smallest absolute Gasteiger partial charge is 0.141 e. The highest BCUT2D eigenvalue weighted by Gasteiger charge is 2.39. The Bertz CT molecular complexity index is 176.